The van der Waals surface area contributed by atoms with Gasteiger partial charge in [-0.2, -0.15) is 0 Å². The third kappa shape index (κ3) is 2.18. The van der Waals surface area contributed by atoms with Crippen LogP contribution in [0.25, 0.3) is 0 Å². The third-order valence-electron chi connectivity index (χ3n) is 3.84. The van der Waals surface area contributed by atoms with Gasteiger partial charge in [-0.15, -0.1) is 0 Å². The van der Waals surface area contributed by atoms with Gasteiger partial charge in [0.25, 0.3) is 0 Å². The molecular formula is C13H16BrN3O. The van der Waals surface area contributed by atoms with Crippen LogP contribution in [0.2, 0.25) is 0 Å². The maximum atomic E-state index is 12.3. The summed E-state index contributed by atoms with van der Waals surface area (Å²) in [4.78, 5) is 12.3. The molecule has 1 aliphatic heterocycles. The Kier molecular flexibility index (Phi) is 3.37. The Balaban J connectivity index is 1.70. The number of fused-ring (bicyclic) bond motifs is 1. The van der Waals surface area contributed by atoms with Crippen molar-refractivity contribution in [1.82, 2.24) is 10.9 Å². The van der Waals surface area contributed by atoms with Gasteiger partial charge in [0, 0.05) is 16.4 Å². The highest BCUT2D eigenvalue weighted by Gasteiger charge is 2.42. The lowest BCUT2D eigenvalue weighted by atomic mass is 9.96. The van der Waals surface area contributed by atoms with Gasteiger partial charge in [-0.1, -0.05) is 18.6 Å². The summed E-state index contributed by atoms with van der Waals surface area (Å²) in [5.41, 5.74) is 7.17. The summed E-state index contributed by atoms with van der Waals surface area (Å²) < 4.78 is 0.910. The van der Waals surface area contributed by atoms with E-state index < -0.39 is 0 Å². The van der Waals surface area contributed by atoms with Gasteiger partial charge in [-0.3, -0.25) is 10.2 Å². The minimum atomic E-state index is -0.121. The number of anilines is 1. The summed E-state index contributed by atoms with van der Waals surface area (Å²) in [6.07, 6.45) is 3.50. The first-order valence-electron chi connectivity index (χ1n) is 6.32. The van der Waals surface area contributed by atoms with Crippen molar-refractivity contribution in [3.05, 3.63) is 28.7 Å². The van der Waals surface area contributed by atoms with E-state index in [0.717, 1.165) is 23.0 Å². The first kappa shape index (κ1) is 12.1. The highest BCUT2D eigenvalue weighted by molar-refractivity contribution is 9.10. The molecule has 1 aromatic rings. The Bertz CT molecular complexity index is 465. The zero-order valence-electron chi connectivity index (χ0n) is 9.95. The molecule has 3 rings (SSSR count). The van der Waals surface area contributed by atoms with Crippen molar-refractivity contribution in [2.24, 2.45) is 5.92 Å². The fourth-order valence-electron chi connectivity index (χ4n) is 2.90. The van der Waals surface area contributed by atoms with E-state index in [1.165, 1.54) is 6.42 Å². The smallest absolute Gasteiger partial charge is 0.243 e. The lowest BCUT2D eigenvalue weighted by Gasteiger charge is -2.17. The molecule has 1 amide bonds. The number of amides is 1. The molecule has 1 aliphatic carbocycles. The van der Waals surface area contributed by atoms with Crippen molar-refractivity contribution in [3.8, 4) is 0 Å². The zero-order chi connectivity index (χ0) is 12.5. The average Bonchev–Trinajstić information content (AvgIpc) is 2.93. The van der Waals surface area contributed by atoms with Gasteiger partial charge in [-0.25, -0.2) is 5.43 Å². The molecule has 3 atom stereocenters. The second-order valence-corrected chi connectivity index (χ2v) is 5.79. The van der Waals surface area contributed by atoms with Gasteiger partial charge in [0.2, 0.25) is 5.91 Å². The van der Waals surface area contributed by atoms with E-state index in [9.17, 15) is 4.79 Å². The van der Waals surface area contributed by atoms with Crippen LogP contribution < -0.4 is 16.2 Å². The Hall–Kier alpha value is -0.910. The molecule has 5 heteroatoms. The van der Waals surface area contributed by atoms with Crippen LogP contribution in [-0.4, -0.2) is 18.0 Å². The molecular weight excluding hydrogens is 294 g/mol. The van der Waals surface area contributed by atoms with E-state index in [2.05, 4.69) is 32.1 Å². The molecule has 0 aromatic heterocycles. The van der Waals surface area contributed by atoms with Crippen molar-refractivity contribution in [2.45, 2.75) is 31.3 Å². The van der Waals surface area contributed by atoms with Crippen molar-refractivity contribution in [3.63, 3.8) is 0 Å². The number of hydrogen-bond acceptors (Lipinski definition) is 3. The van der Waals surface area contributed by atoms with Crippen LogP contribution in [0.3, 0.4) is 0 Å². The number of carbonyl (C=O) groups is 1. The minimum Gasteiger partial charge on any atom is -0.324 e. The summed E-state index contributed by atoms with van der Waals surface area (Å²) in [5.74, 6) is 0.469. The summed E-state index contributed by atoms with van der Waals surface area (Å²) >= 11 is 3.44. The first-order valence-corrected chi connectivity index (χ1v) is 7.11. The van der Waals surface area contributed by atoms with Crippen LogP contribution in [-0.2, 0) is 4.79 Å². The van der Waals surface area contributed by atoms with Gasteiger partial charge in [0.05, 0.1) is 5.69 Å². The largest absolute Gasteiger partial charge is 0.324 e. The molecule has 1 saturated carbocycles. The lowest BCUT2D eigenvalue weighted by Crippen LogP contribution is -2.42. The third-order valence-corrected chi connectivity index (χ3v) is 4.53. The van der Waals surface area contributed by atoms with Crippen LogP contribution >= 0.6 is 15.9 Å². The normalized spacial score (nSPS) is 30.2. The Morgan fingerprint density at radius 1 is 1.28 bits per heavy atom. The van der Waals surface area contributed by atoms with Crippen LogP contribution in [0, 0.1) is 5.92 Å². The van der Waals surface area contributed by atoms with Crippen molar-refractivity contribution >= 4 is 27.5 Å². The van der Waals surface area contributed by atoms with Gasteiger partial charge < -0.3 is 5.32 Å². The van der Waals surface area contributed by atoms with E-state index in [4.69, 9.17) is 0 Å². The van der Waals surface area contributed by atoms with E-state index in [1.807, 2.05) is 24.3 Å². The standard InChI is InChI=1S/C13H16BrN3O/c14-9-5-1-2-6-11(9)15-13(18)12-8-4-3-7-10(8)16-17-12/h1-2,5-6,8,10,12,16-17H,3-4,7H2,(H,15,18). The summed E-state index contributed by atoms with van der Waals surface area (Å²) in [7, 11) is 0. The summed E-state index contributed by atoms with van der Waals surface area (Å²) in [5, 5.41) is 2.98. The molecule has 2 fully saturated rings. The zero-order valence-corrected chi connectivity index (χ0v) is 11.5. The van der Waals surface area contributed by atoms with E-state index in [-0.39, 0.29) is 11.9 Å². The Morgan fingerprint density at radius 3 is 2.94 bits per heavy atom. The SMILES string of the molecule is O=C(Nc1ccccc1Br)C1NNC2CCCC21. The first-order chi connectivity index (χ1) is 8.75. The van der Waals surface area contributed by atoms with Crippen LogP contribution in [0.5, 0.6) is 0 Å². The van der Waals surface area contributed by atoms with Crippen LogP contribution in [0.1, 0.15) is 19.3 Å². The van der Waals surface area contributed by atoms with Crippen molar-refractivity contribution in [2.75, 3.05) is 5.32 Å². The van der Waals surface area contributed by atoms with Crippen molar-refractivity contribution in [1.29, 1.82) is 0 Å². The molecule has 1 aromatic carbocycles. The Morgan fingerprint density at radius 2 is 2.11 bits per heavy atom. The van der Waals surface area contributed by atoms with E-state index in [0.29, 0.717) is 12.0 Å². The molecule has 3 unspecified atom stereocenters. The quantitative estimate of drug-likeness (QED) is 0.783. The lowest BCUT2D eigenvalue weighted by molar-refractivity contribution is -0.118. The number of benzene rings is 1. The molecule has 0 bridgehead atoms. The van der Waals surface area contributed by atoms with E-state index in [1.54, 1.807) is 0 Å². The monoisotopic (exact) mass is 309 g/mol. The number of halogens is 1. The van der Waals surface area contributed by atoms with Gasteiger partial charge in [-0.05, 0) is 40.9 Å². The fourth-order valence-corrected chi connectivity index (χ4v) is 3.29. The molecule has 4 nitrogen and oxygen atoms in total. The predicted molar refractivity (Wildman–Crippen MR) is 74.0 cm³/mol. The molecule has 1 saturated heterocycles. The number of hydrogen-bond donors (Lipinski definition) is 3. The number of hydrazine groups is 1. The molecule has 0 spiro atoms. The topological polar surface area (TPSA) is 53.2 Å². The maximum Gasteiger partial charge on any atom is 0.243 e. The van der Waals surface area contributed by atoms with Crippen LogP contribution in [0.4, 0.5) is 5.69 Å². The minimum absolute atomic E-state index is 0.0452. The highest BCUT2D eigenvalue weighted by atomic mass is 79.9. The molecule has 18 heavy (non-hydrogen) atoms. The van der Waals surface area contributed by atoms with Crippen LogP contribution in [0.15, 0.2) is 28.7 Å². The molecule has 1 heterocycles. The second kappa shape index (κ2) is 4.99. The second-order valence-electron chi connectivity index (χ2n) is 4.94. The molecule has 3 N–H and O–H groups in total. The number of nitrogens with one attached hydrogen (secondary N) is 3. The summed E-state index contributed by atoms with van der Waals surface area (Å²) in [6.45, 7) is 0. The highest BCUT2D eigenvalue weighted by Crippen LogP contribution is 2.32. The number of para-hydroxylation sites is 1. The van der Waals surface area contributed by atoms with E-state index >= 15 is 0 Å². The predicted octanol–water partition coefficient (Wildman–Crippen LogP) is 2.03. The van der Waals surface area contributed by atoms with Gasteiger partial charge >= 0.3 is 0 Å². The fraction of sp³-hybridized carbons (Fsp3) is 0.462. The molecule has 2 aliphatic rings. The summed E-state index contributed by atoms with van der Waals surface area (Å²) in [6, 6.07) is 8.01. The Labute approximate surface area is 115 Å². The average molecular weight is 310 g/mol. The number of carbonyl (C=O) groups excluding carboxylic acids is 1. The number of rotatable bonds is 2. The van der Waals surface area contributed by atoms with Crippen molar-refractivity contribution < 1.29 is 4.79 Å². The molecule has 0 radical (unpaired) electrons. The molecule has 96 valence electrons. The maximum absolute atomic E-state index is 12.3. The van der Waals surface area contributed by atoms with Gasteiger partial charge in [0.15, 0.2) is 0 Å². The van der Waals surface area contributed by atoms with Gasteiger partial charge in [0.1, 0.15) is 6.04 Å².